The van der Waals surface area contributed by atoms with E-state index in [0.717, 1.165) is 45.3 Å². The lowest BCUT2D eigenvalue weighted by Gasteiger charge is -2.44. The zero-order valence-electron chi connectivity index (χ0n) is 27.2. The Morgan fingerprint density at radius 3 is 2.49 bits per heavy atom. The first kappa shape index (κ1) is 35.8. The van der Waals surface area contributed by atoms with Gasteiger partial charge in [0.05, 0.1) is 23.2 Å². The number of esters is 1. The van der Waals surface area contributed by atoms with Crippen LogP contribution in [-0.4, -0.2) is 65.9 Å². The second-order valence-corrected chi connectivity index (χ2v) is 15.6. The van der Waals surface area contributed by atoms with Crippen LogP contribution >= 0.6 is 45.9 Å². The predicted molar refractivity (Wildman–Crippen MR) is 189 cm³/mol. The maximum atomic E-state index is 13.7. The van der Waals surface area contributed by atoms with Crippen LogP contribution in [0.1, 0.15) is 57.5 Å². The molecular formula is C35H34Cl2F2N4O6S2. The van der Waals surface area contributed by atoms with E-state index in [4.69, 9.17) is 42.1 Å². The molecule has 51 heavy (non-hydrogen) atoms. The van der Waals surface area contributed by atoms with Gasteiger partial charge in [0.1, 0.15) is 17.1 Å². The van der Waals surface area contributed by atoms with E-state index in [9.17, 15) is 18.4 Å². The Morgan fingerprint density at radius 2 is 1.82 bits per heavy atom. The zero-order chi connectivity index (χ0) is 35.5. The smallest absolute Gasteiger partial charge is 0.416 e. The lowest BCUT2D eigenvalue weighted by atomic mass is 9.86. The third-order valence-corrected chi connectivity index (χ3v) is 11.7. The fourth-order valence-corrected chi connectivity index (χ4v) is 8.31. The van der Waals surface area contributed by atoms with Gasteiger partial charge in [-0.3, -0.25) is 9.88 Å². The van der Waals surface area contributed by atoms with E-state index < -0.39 is 24.8 Å². The molecule has 8 rings (SSSR count). The molecule has 3 aliphatic heterocycles. The molecule has 3 saturated heterocycles. The van der Waals surface area contributed by atoms with Crippen molar-refractivity contribution in [3.05, 3.63) is 85.2 Å². The van der Waals surface area contributed by atoms with Crippen molar-refractivity contribution in [1.29, 1.82) is 0 Å². The van der Waals surface area contributed by atoms with Gasteiger partial charge in [0.2, 0.25) is 0 Å². The highest BCUT2D eigenvalue weighted by molar-refractivity contribution is 7.14. The Hall–Kier alpha value is -3.56. The molecule has 270 valence electrons. The Bertz CT molecular complexity index is 1820. The summed E-state index contributed by atoms with van der Waals surface area (Å²) in [5.41, 5.74) is 0.953. The minimum atomic E-state index is -3.05. The lowest BCUT2D eigenvalue weighted by Crippen LogP contribution is -2.53. The summed E-state index contributed by atoms with van der Waals surface area (Å²) in [4.78, 5) is 40.5. The van der Waals surface area contributed by atoms with E-state index in [1.165, 1.54) is 58.2 Å². The molecule has 0 radical (unpaired) electrons. The highest BCUT2D eigenvalue weighted by Crippen LogP contribution is 2.39. The number of carbonyl (C=O) groups excluding carboxylic acids is 2. The van der Waals surface area contributed by atoms with E-state index in [1.807, 2.05) is 0 Å². The summed E-state index contributed by atoms with van der Waals surface area (Å²) in [7, 11) is 0. The number of pyridine rings is 1. The molecule has 1 aliphatic carbocycles. The van der Waals surface area contributed by atoms with Crippen molar-refractivity contribution in [1.82, 2.24) is 14.9 Å². The van der Waals surface area contributed by atoms with Gasteiger partial charge in [-0.25, -0.2) is 19.5 Å². The molecule has 4 aliphatic rings. The molecular weight excluding hydrogens is 745 g/mol. The standard InChI is InChI=1S/C35H34Cl2F2N4O6S2/c36-25-15-40-16-26(37)24(25)14-28(22-3-5-27(48-33(38)39)29(13-22)46-19-20-1-2-20)47-32(44)31-6-4-23(51-31)17-43(34-41-9-12-50-34)35(45)49-30-18-42-10-7-21(30)8-11-42/h3-6,9,12-13,15-16,20-21,28,30,33H,1-2,7-8,10-11,14,17-19H2/t28-,30-/m0/s1. The average Bonchev–Trinajstić information content (AvgIpc) is 3.55. The number of aromatic nitrogens is 2. The summed E-state index contributed by atoms with van der Waals surface area (Å²) in [5, 5.41) is 2.83. The van der Waals surface area contributed by atoms with Crippen molar-refractivity contribution in [3.8, 4) is 11.5 Å². The fourth-order valence-electron chi connectivity index (χ4n) is 6.28. The Morgan fingerprint density at radius 1 is 1.04 bits per heavy atom. The predicted octanol–water partition coefficient (Wildman–Crippen LogP) is 8.67. The van der Waals surface area contributed by atoms with Gasteiger partial charge in [-0.05, 0) is 86.0 Å². The van der Waals surface area contributed by atoms with Gasteiger partial charge in [-0.1, -0.05) is 29.3 Å². The van der Waals surface area contributed by atoms with Gasteiger partial charge >= 0.3 is 18.7 Å². The lowest BCUT2D eigenvalue weighted by molar-refractivity contribution is -0.0515. The minimum Gasteiger partial charge on any atom is -0.489 e. The van der Waals surface area contributed by atoms with Crippen LogP contribution in [-0.2, 0) is 22.4 Å². The summed E-state index contributed by atoms with van der Waals surface area (Å²) in [5.74, 6) is 0.0380. The molecule has 10 nitrogen and oxygen atoms in total. The first-order valence-electron chi connectivity index (χ1n) is 16.6. The number of rotatable bonds is 14. The maximum Gasteiger partial charge on any atom is 0.416 e. The molecule has 0 unspecified atom stereocenters. The van der Waals surface area contributed by atoms with Crippen LogP contribution < -0.4 is 14.4 Å². The Kier molecular flexibility index (Phi) is 11.2. The Balaban J connectivity index is 1.10. The topological polar surface area (TPSA) is 103 Å². The van der Waals surface area contributed by atoms with Crippen LogP contribution in [0.4, 0.5) is 18.7 Å². The number of fused-ring (bicyclic) bond motifs is 3. The summed E-state index contributed by atoms with van der Waals surface area (Å²) >= 11 is 15.4. The number of benzene rings is 1. The Labute approximate surface area is 311 Å². The summed E-state index contributed by atoms with van der Waals surface area (Å²) in [6.45, 7) is 0.220. The number of nitrogens with zero attached hydrogens (tertiary/aromatic N) is 4. The van der Waals surface area contributed by atoms with Crippen molar-refractivity contribution in [2.75, 3.05) is 31.1 Å². The third-order valence-electron chi connectivity index (χ3n) is 9.21. The van der Waals surface area contributed by atoms with Crippen LogP contribution in [0, 0.1) is 11.8 Å². The number of hydrogen-bond acceptors (Lipinski definition) is 11. The van der Waals surface area contributed by atoms with Crippen LogP contribution in [0.25, 0.3) is 0 Å². The van der Waals surface area contributed by atoms with E-state index in [2.05, 4.69) is 14.9 Å². The summed E-state index contributed by atoms with van der Waals surface area (Å²) in [6, 6.07) is 7.83. The first-order valence-corrected chi connectivity index (χ1v) is 19.0. The van der Waals surface area contributed by atoms with Crippen LogP contribution in [0.2, 0.25) is 10.0 Å². The van der Waals surface area contributed by atoms with E-state index in [0.29, 0.717) is 39.6 Å². The van der Waals surface area contributed by atoms with Gasteiger partial charge in [-0.2, -0.15) is 8.78 Å². The van der Waals surface area contributed by atoms with Gasteiger partial charge in [-0.15, -0.1) is 22.7 Å². The van der Waals surface area contributed by atoms with E-state index in [1.54, 1.807) is 23.7 Å². The first-order chi connectivity index (χ1) is 24.7. The molecule has 1 saturated carbocycles. The highest BCUT2D eigenvalue weighted by atomic mass is 35.5. The van der Waals surface area contributed by atoms with Gasteiger partial charge in [0.15, 0.2) is 16.6 Å². The highest BCUT2D eigenvalue weighted by Gasteiger charge is 2.38. The van der Waals surface area contributed by atoms with Crippen LogP contribution in [0.3, 0.4) is 0 Å². The zero-order valence-corrected chi connectivity index (χ0v) is 30.4. The number of ether oxygens (including phenoxy) is 4. The van der Waals surface area contributed by atoms with Crippen molar-refractivity contribution >= 4 is 63.1 Å². The maximum absolute atomic E-state index is 13.7. The fraction of sp³-hybridized carbons (Fsp3) is 0.429. The second kappa shape index (κ2) is 16.0. The number of thiazole rings is 1. The number of amides is 1. The normalized spacial score (nSPS) is 20.2. The molecule has 0 N–H and O–H groups in total. The molecule has 16 heteroatoms. The SMILES string of the molecule is O=C(O[C@@H](Cc1c(Cl)cncc1Cl)c1ccc(OC(F)F)c(OCC2CC2)c1)c1ccc(CN(C(=O)O[C@H]2CN3CCC2CC3)c2nccs2)s1. The molecule has 1 amide bonds. The summed E-state index contributed by atoms with van der Waals surface area (Å²) in [6.07, 6.45) is 6.96. The third kappa shape index (κ3) is 8.91. The van der Waals surface area contributed by atoms with Crippen molar-refractivity contribution in [2.45, 2.75) is 57.5 Å². The monoisotopic (exact) mass is 778 g/mol. The molecule has 6 heterocycles. The van der Waals surface area contributed by atoms with Gasteiger partial charge in [0, 0.05) is 41.8 Å². The summed E-state index contributed by atoms with van der Waals surface area (Å²) < 4.78 is 49.2. The molecule has 4 aromatic rings. The number of anilines is 1. The molecule has 0 spiro atoms. The van der Waals surface area contributed by atoms with Crippen molar-refractivity contribution < 1.29 is 37.3 Å². The largest absolute Gasteiger partial charge is 0.489 e. The molecule has 4 fully saturated rings. The molecule has 3 aromatic heterocycles. The number of thiophene rings is 1. The van der Waals surface area contributed by atoms with Crippen LogP contribution in [0.5, 0.6) is 11.5 Å². The molecule has 2 bridgehead atoms. The average molecular weight is 780 g/mol. The van der Waals surface area contributed by atoms with Gasteiger partial charge in [0.25, 0.3) is 0 Å². The number of hydrogen-bond donors (Lipinski definition) is 0. The second-order valence-electron chi connectivity index (χ2n) is 12.7. The number of halogens is 4. The van der Waals surface area contributed by atoms with E-state index in [-0.39, 0.29) is 45.5 Å². The minimum absolute atomic E-state index is 0.0600. The molecule has 1 aromatic carbocycles. The molecule has 2 atom stereocenters. The van der Waals surface area contributed by atoms with Crippen molar-refractivity contribution in [3.63, 3.8) is 0 Å². The van der Waals surface area contributed by atoms with Crippen molar-refractivity contribution in [2.24, 2.45) is 11.8 Å². The van der Waals surface area contributed by atoms with E-state index >= 15 is 0 Å². The number of piperidine rings is 3. The van der Waals surface area contributed by atoms with Crippen LogP contribution in [0.15, 0.2) is 54.3 Å². The quantitative estimate of drug-likeness (QED) is 0.116. The van der Waals surface area contributed by atoms with Gasteiger partial charge < -0.3 is 18.9 Å². The number of carbonyl (C=O) groups is 2. The number of alkyl halides is 2.